The number of nitrogens with zero attached hydrogens (tertiary/aromatic N) is 2. The lowest BCUT2D eigenvalue weighted by Gasteiger charge is -2.30. The first-order chi connectivity index (χ1) is 11.8. The highest BCUT2D eigenvalue weighted by atomic mass is 19.3. The third-order valence-corrected chi connectivity index (χ3v) is 4.04. The zero-order chi connectivity index (χ0) is 18.2. The molecule has 0 saturated carbocycles. The molecule has 1 atom stereocenters. The summed E-state index contributed by atoms with van der Waals surface area (Å²) in [6.07, 6.45) is -7.97. The topological polar surface area (TPSA) is 52.9 Å². The van der Waals surface area contributed by atoms with Crippen LogP contribution in [-0.2, 0) is 11.2 Å². The van der Waals surface area contributed by atoms with Crippen LogP contribution in [0.4, 0.5) is 17.6 Å². The van der Waals surface area contributed by atoms with E-state index in [0.29, 0.717) is 5.56 Å². The molecule has 0 saturated heterocycles. The number of halogens is 4. The molecule has 2 aromatic rings. The van der Waals surface area contributed by atoms with Crippen LogP contribution in [0.15, 0.2) is 47.6 Å². The van der Waals surface area contributed by atoms with E-state index < -0.39 is 36.6 Å². The van der Waals surface area contributed by atoms with Crippen molar-refractivity contribution in [1.29, 1.82) is 0 Å². The van der Waals surface area contributed by atoms with E-state index in [9.17, 15) is 27.5 Å². The second-order valence-electron chi connectivity index (χ2n) is 5.81. The monoisotopic (exact) mass is 354 g/mol. The number of aliphatic hydroxyl groups is 1. The van der Waals surface area contributed by atoms with Gasteiger partial charge in [0, 0.05) is 6.42 Å². The first-order valence-electron chi connectivity index (χ1n) is 7.48. The van der Waals surface area contributed by atoms with Crippen molar-refractivity contribution in [2.45, 2.75) is 31.4 Å². The SMILES string of the molecule is O=C(Cc1ccc2ccccc2c1)N1N=C(C(F)F)CC1(O)C(F)F. The highest BCUT2D eigenvalue weighted by molar-refractivity contribution is 5.93. The maximum atomic E-state index is 13.2. The molecule has 25 heavy (non-hydrogen) atoms. The molecule has 0 aliphatic carbocycles. The summed E-state index contributed by atoms with van der Waals surface area (Å²) >= 11 is 0. The Bertz CT molecular complexity index is 840. The van der Waals surface area contributed by atoms with Gasteiger partial charge in [0.15, 0.2) is 0 Å². The van der Waals surface area contributed by atoms with Gasteiger partial charge in [0.25, 0.3) is 12.9 Å². The van der Waals surface area contributed by atoms with Gasteiger partial charge in [-0.05, 0) is 16.3 Å². The van der Waals surface area contributed by atoms with E-state index in [1.54, 1.807) is 18.2 Å². The van der Waals surface area contributed by atoms with Crippen molar-refractivity contribution in [3.8, 4) is 0 Å². The maximum Gasteiger partial charge on any atom is 0.287 e. The molecule has 132 valence electrons. The molecular formula is C17H14F4N2O2. The van der Waals surface area contributed by atoms with Crippen LogP contribution in [0.5, 0.6) is 0 Å². The molecule has 0 fully saturated rings. The smallest absolute Gasteiger partial charge is 0.287 e. The largest absolute Gasteiger partial charge is 0.364 e. The summed E-state index contributed by atoms with van der Waals surface area (Å²) in [4.78, 5) is 12.3. The van der Waals surface area contributed by atoms with Gasteiger partial charge in [0.1, 0.15) is 5.71 Å². The fourth-order valence-electron chi connectivity index (χ4n) is 2.75. The molecule has 1 aliphatic heterocycles. The molecule has 8 heteroatoms. The summed E-state index contributed by atoms with van der Waals surface area (Å²) in [5.74, 6) is -0.978. The molecule has 0 spiro atoms. The van der Waals surface area contributed by atoms with Crippen LogP contribution >= 0.6 is 0 Å². The summed E-state index contributed by atoms with van der Waals surface area (Å²) < 4.78 is 51.8. The lowest BCUT2D eigenvalue weighted by molar-refractivity contribution is -0.191. The summed E-state index contributed by atoms with van der Waals surface area (Å²) in [5, 5.41) is 15.1. The zero-order valence-electron chi connectivity index (χ0n) is 12.9. The van der Waals surface area contributed by atoms with Gasteiger partial charge >= 0.3 is 0 Å². The van der Waals surface area contributed by atoms with E-state index in [1.165, 1.54) is 0 Å². The van der Waals surface area contributed by atoms with Crippen molar-refractivity contribution in [3.05, 3.63) is 48.0 Å². The van der Waals surface area contributed by atoms with Gasteiger partial charge < -0.3 is 5.11 Å². The number of fused-ring (bicyclic) bond motifs is 1. The second-order valence-corrected chi connectivity index (χ2v) is 5.81. The summed E-state index contributed by atoms with van der Waals surface area (Å²) in [6.45, 7) is 0. The van der Waals surface area contributed by atoms with Gasteiger partial charge in [-0.25, -0.2) is 17.6 Å². The Balaban J connectivity index is 1.87. The van der Waals surface area contributed by atoms with Crippen LogP contribution in [0, 0.1) is 0 Å². The zero-order valence-corrected chi connectivity index (χ0v) is 12.9. The van der Waals surface area contributed by atoms with Crippen LogP contribution in [0.2, 0.25) is 0 Å². The molecule has 1 unspecified atom stereocenters. The average Bonchev–Trinajstić information content (AvgIpc) is 2.94. The normalized spacial score (nSPS) is 20.6. The number of benzene rings is 2. The number of hydrogen-bond acceptors (Lipinski definition) is 3. The van der Waals surface area contributed by atoms with E-state index in [2.05, 4.69) is 5.10 Å². The Morgan fingerprint density at radius 3 is 2.48 bits per heavy atom. The fraction of sp³-hybridized carbons (Fsp3) is 0.294. The van der Waals surface area contributed by atoms with Gasteiger partial charge in [-0.3, -0.25) is 4.79 Å². The first-order valence-corrected chi connectivity index (χ1v) is 7.48. The maximum absolute atomic E-state index is 13.2. The quantitative estimate of drug-likeness (QED) is 0.858. The lowest BCUT2D eigenvalue weighted by atomic mass is 10.0. The summed E-state index contributed by atoms with van der Waals surface area (Å²) in [5.41, 5.74) is -3.48. The van der Waals surface area contributed by atoms with Crippen molar-refractivity contribution in [2.75, 3.05) is 0 Å². The number of carbonyl (C=O) groups is 1. The van der Waals surface area contributed by atoms with Gasteiger partial charge in [0.2, 0.25) is 11.6 Å². The number of carbonyl (C=O) groups excluding carboxylic acids is 1. The Morgan fingerprint density at radius 1 is 1.16 bits per heavy atom. The van der Waals surface area contributed by atoms with Gasteiger partial charge in [0.05, 0.1) is 6.42 Å². The van der Waals surface area contributed by atoms with Crippen molar-refractivity contribution < 1.29 is 27.5 Å². The van der Waals surface area contributed by atoms with Gasteiger partial charge in [-0.15, -0.1) is 0 Å². The fourth-order valence-corrected chi connectivity index (χ4v) is 2.75. The third kappa shape index (κ3) is 3.21. The minimum atomic E-state index is -3.42. The summed E-state index contributed by atoms with van der Waals surface area (Å²) in [6, 6.07) is 12.4. The number of hydrazone groups is 1. The van der Waals surface area contributed by atoms with Crippen LogP contribution in [0.25, 0.3) is 10.8 Å². The first kappa shape index (κ1) is 17.3. The summed E-state index contributed by atoms with van der Waals surface area (Å²) in [7, 11) is 0. The minimum absolute atomic E-state index is 0.0916. The number of rotatable bonds is 4. The van der Waals surface area contributed by atoms with E-state index >= 15 is 0 Å². The second kappa shape index (κ2) is 6.44. The van der Waals surface area contributed by atoms with Crippen molar-refractivity contribution in [2.24, 2.45) is 5.10 Å². The molecule has 2 aromatic carbocycles. The van der Waals surface area contributed by atoms with E-state index in [-0.39, 0.29) is 11.4 Å². The minimum Gasteiger partial charge on any atom is -0.364 e. The van der Waals surface area contributed by atoms with E-state index in [4.69, 9.17) is 0 Å². The van der Waals surface area contributed by atoms with Gasteiger partial charge in [-0.1, -0.05) is 42.5 Å². The molecule has 1 aliphatic rings. The Kier molecular flexibility index (Phi) is 4.47. The van der Waals surface area contributed by atoms with Crippen molar-refractivity contribution >= 4 is 22.4 Å². The molecular weight excluding hydrogens is 340 g/mol. The molecule has 4 nitrogen and oxygen atoms in total. The molecule has 3 rings (SSSR count). The molecule has 1 N–H and O–H groups in total. The van der Waals surface area contributed by atoms with Crippen LogP contribution < -0.4 is 0 Å². The Morgan fingerprint density at radius 2 is 1.84 bits per heavy atom. The highest BCUT2D eigenvalue weighted by Gasteiger charge is 2.53. The lowest BCUT2D eigenvalue weighted by Crippen LogP contribution is -2.52. The molecule has 0 radical (unpaired) electrons. The number of alkyl halides is 4. The van der Waals surface area contributed by atoms with Crippen LogP contribution in [0.3, 0.4) is 0 Å². The Hall–Kier alpha value is -2.48. The number of hydrogen-bond donors (Lipinski definition) is 1. The van der Waals surface area contributed by atoms with Crippen LogP contribution in [-0.4, -0.2) is 40.3 Å². The Labute approximate surface area is 140 Å². The molecule has 1 heterocycles. The predicted molar refractivity (Wildman–Crippen MR) is 83.5 cm³/mol. The van der Waals surface area contributed by atoms with E-state index in [1.807, 2.05) is 24.3 Å². The van der Waals surface area contributed by atoms with E-state index in [0.717, 1.165) is 10.8 Å². The predicted octanol–water partition coefficient (Wildman–Crippen LogP) is 3.19. The highest BCUT2D eigenvalue weighted by Crippen LogP contribution is 2.33. The molecule has 0 bridgehead atoms. The molecule has 0 aromatic heterocycles. The van der Waals surface area contributed by atoms with Crippen LogP contribution in [0.1, 0.15) is 12.0 Å². The van der Waals surface area contributed by atoms with Crippen molar-refractivity contribution in [3.63, 3.8) is 0 Å². The standard InChI is InChI=1S/C17H14F4N2O2/c18-15(19)13-9-17(25,16(20)21)23(22-13)14(24)8-10-5-6-11-3-1-2-4-12(11)7-10/h1-7,15-16,25H,8-9H2. The van der Waals surface area contributed by atoms with Crippen molar-refractivity contribution in [1.82, 2.24) is 5.01 Å². The van der Waals surface area contributed by atoms with Gasteiger partial charge in [-0.2, -0.15) is 10.1 Å². The third-order valence-electron chi connectivity index (χ3n) is 4.04. The average molecular weight is 354 g/mol. The number of amides is 1. The molecule has 1 amide bonds.